The number of anilines is 1. The highest BCUT2D eigenvalue weighted by molar-refractivity contribution is 6.07. The first-order chi connectivity index (χ1) is 18.0. The third-order valence-electron chi connectivity index (χ3n) is 5.49. The van der Waals surface area contributed by atoms with Gasteiger partial charge in [-0.3, -0.25) is 0 Å². The van der Waals surface area contributed by atoms with Crippen molar-refractivity contribution < 1.29 is 28.6 Å². The van der Waals surface area contributed by atoms with Crippen molar-refractivity contribution >= 4 is 23.6 Å². The van der Waals surface area contributed by atoms with Crippen LogP contribution in [-0.2, 0) is 34.0 Å². The van der Waals surface area contributed by atoms with Gasteiger partial charge in [0.2, 0.25) is 0 Å². The molecule has 0 aliphatic rings. The van der Waals surface area contributed by atoms with Gasteiger partial charge in [0.1, 0.15) is 19.8 Å². The summed E-state index contributed by atoms with van der Waals surface area (Å²) in [6.45, 7) is 0.00303. The number of carbonyl (C=O) groups excluding carboxylic acids is 3. The van der Waals surface area contributed by atoms with Crippen molar-refractivity contribution in [3.05, 3.63) is 137 Å². The Labute approximate surface area is 214 Å². The van der Waals surface area contributed by atoms with Crippen LogP contribution in [-0.4, -0.2) is 17.9 Å². The van der Waals surface area contributed by atoms with Crippen molar-refractivity contribution in [1.29, 1.82) is 0 Å². The lowest BCUT2D eigenvalue weighted by molar-refractivity contribution is 0.0423. The average molecular weight is 496 g/mol. The molecule has 0 saturated carbocycles. The van der Waals surface area contributed by atoms with Gasteiger partial charge in [0.15, 0.2) is 0 Å². The van der Waals surface area contributed by atoms with Gasteiger partial charge in [-0.1, -0.05) is 91.0 Å². The van der Waals surface area contributed by atoms with Crippen LogP contribution in [0, 0.1) is 0 Å². The minimum atomic E-state index is -0.798. The summed E-state index contributed by atoms with van der Waals surface area (Å²) in [6.07, 6.45) is 0. The van der Waals surface area contributed by atoms with Crippen LogP contribution in [0.4, 0.5) is 5.69 Å². The summed E-state index contributed by atoms with van der Waals surface area (Å²) >= 11 is 0. The number of hydrogen-bond donors (Lipinski definition) is 1. The Balaban J connectivity index is 1.57. The van der Waals surface area contributed by atoms with E-state index in [0.717, 1.165) is 16.7 Å². The zero-order chi connectivity index (χ0) is 26.0. The predicted molar refractivity (Wildman–Crippen MR) is 138 cm³/mol. The van der Waals surface area contributed by atoms with Crippen LogP contribution in [0.2, 0.25) is 0 Å². The first kappa shape index (κ1) is 25.2. The Hall–Kier alpha value is -4.91. The van der Waals surface area contributed by atoms with Crippen LogP contribution in [0.25, 0.3) is 0 Å². The fourth-order valence-corrected chi connectivity index (χ4v) is 3.53. The predicted octanol–water partition coefficient (Wildman–Crippen LogP) is 5.34. The molecule has 0 aliphatic heterocycles. The normalized spacial score (nSPS) is 10.4. The van der Waals surface area contributed by atoms with Gasteiger partial charge in [-0.15, -0.1) is 0 Å². The van der Waals surface area contributed by atoms with Gasteiger partial charge in [0.25, 0.3) is 0 Å². The van der Waals surface area contributed by atoms with Crippen LogP contribution >= 0.6 is 0 Å². The Bertz CT molecular complexity index is 1370. The van der Waals surface area contributed by atoms with Gasteiger partial charge in [0.05, 0.1) is 16.7 Å². The Morgan fingerprint density at radius 3 is 1.19 bits per heavy atom. The van der Waals surface area contributed by atoms with Crippen molar-refractivity contribution in [3.8, 4) is 0 Å². The summed E-state index contributed by atoms with van der Waals surface area (Å²) in [5.74, 6) is -2.30. The van der Waals surface area contributed by atoms with E-state index in [1.807, 2.05) is 78.9 Å². The molecule has 0 fully saturated rings. The second-order valence-corrected chi connectivity index (χ2v) is 8.17. The van der Waals surface area contributed by atoms with Crippen molar-refractivity contribution in [2.24, 2.45) is 0 Å². The number of rotatable bonds is 9. The number of esters is 3. The molecule has 0 atom stereocenters. The summed E-state index contributed by atoms with van der Waals surface area (Å²) in [7, 11) is 0. The molecule has 4 aromatic carbocycles. The van der Waals surface area contributed by atoms with E-state index in [-0.39, 0.29) is 42.2 Å². The van der Waals surface area contributed by atoms with E-state index >= 15 is 0 Å². The van der Waals surface area contributed by atoms with Crippen molar-refractivity contribution in [3.63, 3.8) is 0 Å². The molecular formula is C30H25NO6. The molecule has 7 heteroatoms. The van der Waals surface area contributed by atoms with Crippen molar-refractivity contribution in [2.45, 2.75) is 19.8 Å². The fourth-order valence-electron chi connectivity index (χ4n) is 3.53. The molecule has 186 valence electrons. The zero-order valence-corrected chi connectivity index (χ0v) is 20.0. The third kappa shape index (κ3) is 6.82. The standard InChI is InChI=1S/C30H25NO6/c31-27-17-25(29(33)36-19-22-12-6-2-7-13-22)24(28(32)35-18-21-10-4-1-5-11-21)16-26(27)30(34)37-20-23-14-8-3-9-15-23/h1-17H,18-20,31H2. The monoisotopic (exact) mass is 495 g/mol. The molecule has 0 spiro atoms. The Morgan fingerprint density at radius 2 is 0.811 bits per heavy atom. The summed E-state index contributed by atoms with van der Waals surface area (Å²) in [6, 6.07) is 29.8. The van der Waals surface area contributed by atoms with Crippen LogP contribution in [0.5, 0.6) is 0 Å². The van der Waals surface area contributed by atoms with E-state index in [1.165, 1.54) is 12.1 Å². The molecule has 0 amide bonds. The first-order valence-corrected chi connectivity index (χ1v) is 11.6. The molecule has 0 radical (unpaired) electrons. The van der Waals surface area contributed by atoms with Crippen LogP contribution in [0.15, 0.2) is 103 Å². The molecule has 4 rings (SSSR count). The molecule has 0 aliphatic carbocycles. The maximum Gasteiger partial charge on any atom is 0.340 e. The van der Waals surface area contributed by atoms with Crippen molar-refractivity contribution in [2.75, 3.05) is 5.73 Å². The SMILES string of the molecule is Nc1cc(C(=O)OCc2ccccc2)c(C(=O)OCc2ccccc2)cc1C(=O)OCc1ccccc1. The summed E-state index contributed by atoms with van der Waals surface area (Å²) in [5.41, 5.74) is 8.11. The Morgan fingerprint density at radius 1 is 0.486 bits per heavy atom. The van der Waals surface area contributed by atoms with Crippen LogP contribution in [0.1, 0.15) is 47.8 Å². The van der Waals surface area contributed by atoms with Gasteiger partial charge >= 0.3 is 17.9 Å². The van der Waals surface area contributed by atoms with E-state index in [1.54, 1.807) is 12.1 Å². The number of nitrogen functional groups attached to an aromatic ring is 1. The fraction of sp³-hybridized carbons (Fsp3) is 0.100. The van der Waals surface area contributed by atoms with Gasteiger partial charge in [-0.25, -0.2) is 14.4 Å². The summed E-state index contributed by atoms with van der Waals surface area (Å²) in [5, 5.41) is 0. The molecule has 0 aromatic heterocycles. The maximum absolute atomic E-state index is 13.1. The number of benzene rings is 4. The zero-order valence-electron chi connectivity index (χ0n) is 20.0. The average Bonchev–Trinajstić information content (AvgIpc) is 2.94. The lowest BCUT2D eigenvalue weighted by Gasteiger charge is -2.14. The molecule has 0 bridgehead atoms. The summed E-state index contributed by atoms with van der Waals surface area (Å²) in [4.78, 5) is 38.8. The quantitative estimate of drug-likeness (QED) is 0.190. The maximum atomic E-state index is 13.1. The van der Waals surface area contributed by atoms with E-state index < -0.39 is 17.9 Å². The minimum Gasteiger partial charge on any atom is -0.457 e. The first-order valence-electron chi connectivity index (χ1n) is 11.6. The lowest BCUT2D eigenvalue weighted by Crippen LogP contribution is -2.18. The van der Waals surface area contributed by atoms with Crippen LogP contribution < -0.4 is 5.73 Å². The van der Waals surface area contributed by atoms with Crippen LogP contribution in [0.3, 0.4) is 0 Å². The second kappa shape index (κ2) is 12.2. The van der Waals surface area contributed by atoms with Crippen molar-refractivity contribution in [1.82, 2.24) is 0 Å². The van der Waals surface area contributed by atoms with Gasteiger partial charge in [-0.05, 0) is 28.8 Å². The van der Waals surface area contributed by atoms with Gasteiger partial charge in [-0.2, -0.15) is 0 Å². The largest absolute Gasteiger partial charge is 0.457 e. The minimum absolute atomic E-state index is 0.00104. The number of carbonyl (C=O) groups is 3. The molecule has 0 unspecified atom stereocenters. The smallest absolute Gasteiger partial charge is 0.340 e. The second-order valence-electron chi connectivity index (χ2n) is 8.17. The topological polar surface area (TPSA) is 105 Å². The lowest BCUT2D eigenvalue weighted by atomic mass is 10.0. The molecule has 0 saturated heterocycles. The molecule has 37 heavy (non-hydrogen) atoms. The van der Waals surface area contributed by atoms with E-state index in [4.69, 9.17) is 19.9 Å². The van der Waals surface area contributed by atoms with Gasteiger partial charge < -0.3 is 19.9 Å². The highest BCUT2D eigenvalue weighted by Crippen LogP contribution is 2.23. The molecule has 2 N–H and O–H groups in total. The molecule has 4 aromatic rings. The summed E-state index contributed by atoms with van der Waals surface area (Å²) < 4.78 is 16.2. The van der Waals surface area contributed by atoms with Gasteiger partial charge in [0, 0.05) is 5.69 Å². The number of ether oxygens (including phenoxy) is 3. The highest BCUT2D eigenvalue weighted by atomic mass is 16.5. The Kier molecular flexibility index (Phi) is 8.29. The van der Waals surface area contributed by atoms with E-state index in [0.29, 0.717) is 0 Å². The molecule has 7 nitrogen and oxygen atoms in total. The van der Waals surface area contributed by atoms with E-state index in [2.05, 4.69) is 0 Å². The molecular weight excluding hydrogens is 470 g/mol. The number of nitrogens with two attached hydrogens (primary N) is 1. The highest BCUT2D eigenvalue weighted by Gasteiger charge is 2.25. The third-order valence-corrected chi connectivity index (χ3v) is 5.49. The van der Waals surface area contributed by atoms with E-state index in [9.17, 15) is 14.4 Å². The molecule has 0 heterocycles. The number of hydrogen-bond acceptors (Lipinski definition) is 7.